The number of nitrogen functional groups attached to an aromatic ring is 1. The molecule has 0 amide bonds. The number of rotatable bonds is 4. The number of esters is 1. The molecule has 0 fully saturated rings. The molecule has 3 nitrogen and oxygen atoms in total. The zero-order valence-electron chi connectivity index (χ0n) is 9.50. The molecule has 0 saturated carbocycles. The van der Waals surface area contributed by atoms with Gasteiger partial charge in [-0.3, -0.25) is 0 Å². The van der Waals surface area contributed by atoms with Gasteiger partial charge in [-0.2, -0.15) is 0 Å². The van der Waals surface area contributed by atoms with Crippen LogP contribution in [0.2, 0.25) is 0 Å². The predicted octanol–water partition coefficient (Wildman–Crippen LogP) is 2.61. The maximum absolute atomic E-state index is 13.0. The van der Waals surface area contributed by atoms with E-state index in [1.807, 2.05) is 13.8 Å². The average Bonchev–Trinajstić information content (AvgIpc) is 2.23. The third kappa shape index (κ3) is 3.53. The van der Waals surface area contributed by atoms with E-state index in [1.54, 1.807) is 0 Å². The van der Waals surface area contributed by atoms with Crippen LogP contribution >= 0.6 is 0 Å². The van der Waals surface area contributed by atoms with Crippen molar-refractivity contribution in [3.63, 3.8) is 0 Å². The first-order valence-electron chi connectivity index (χ1n) is 5.26. The van der Waals surface area contributed by atoms with Crippen molar-refractivity contribution in [2.45, 2.75) is 20.3 Å². The largest absolute Gasteiger partial charge is 0.462 e. The molecule has 1 rings (SSSR count). The van der Waals surface area contributed by atoms with Gasteiger partial charge in [0.25, 0.3) is 0 Å². The molecule has 1 aromatic carbocycles. The molecular weight excluding hydrogens is 209 g/mol. The van der Waals surface area contributed by atoms with Crippen LogP contribution in [0.3, 0.4) is 0 Å². The highest BCUT2D eigenvalue weighted by atomic mass is 19.1. The van der Waals surface area contributed by atoms with Gasteiger partial charge in [-0.1, -0.05) is 20.3 Å². The number of hydrogen-bond donors (Lipinski definition) is 1. The third-order valence-electron chi connectivity index (χ3n) is 2.35. The zero-order valence-corrected chi connectivity index (χ0v) is 9.50. The van der Waals surface area contributed by atoms with Crippen molar-refractivity contribution in [3.05, 3.63) is 29.6 Å². The lowest BCUT2D eigenvalue weighted by Crippen LogP contribution is -2.12. The summed E-state index contributed by atoms with van der Waals surface area (Å²) in [5.74, 6) is -0.767. The molecule has 0 aliphatic carbocycles. The number of hydrogen-bond acceptors (Lipinski definition) is 3. The molecule has 0 saturated heterocycles. The summed E-state index contributed by atoms with van der Waals surface area (Å²) >= 11 is 0. The SMILES string of the molecule is CCC(C)COC(=O)c1cc(N)cc(F)c1. The lowest BCUT2D eigenvalue weighted by Gasteiger charge is -2.09. The molecule has 1 unspecified atom stereocenters. The summed E-state index contributed by atoms with van der Waals surface area (Å²) in [4.78, 5) is 11.5. The van der Waals surface area contributed by atoms with Crippen molar-refractivity contribution in [1.82, 2.24) is 0 Å². The van der Waals surface area contributed by atoms with Gasteiger partial charge in [-0.25, -0.2) is 9.18 Å². The number of benzene rings is 1. The number of anilines is 1. The highest BCUT2D eigenvalue weighted by Gasteiger charge is 2.10. The molecule has 0 heterocycles. The summed E-state index contributed by atoms with van der Waals surface area (Å²) in [6, 6.07) is 3.68. The van der Waals surface area contributed by atoms with Gasteiger partial charge in [0.2, 0.25) is 0 Å². The Labute approximate surface area is 94.4 Å². The second-order valence-corrected chi connectivity index (χ2v) is 3.89. The maximum atomic E-state index is 13.0. The van der Waals surface area contributed by atoms with E-state index in [9.17, 15) is 9.18 Å². The minimum Gasteiger partial charge on any atom is -0.462 e. The molecule has 0 aliphatic rings. The monoisotopic (exact) mass is 225 g/mol. The highest BCUT2D eigenvalue weighted by molar-refractivity contribution is 5.90. The van der Waals surface area contributed by atoms with Crippen molar-refractivity contribution in [2.75, 3.05) is 12.3 Å². The fourth-order valence-electron chi connectivity index (χ4n) is 1.15. The minimum absolute atomic E-state index is 0.154. The highest BCUT2D eigenvalue weighted by Crippen LogP contribution is 2.12. The molecule has 0 aromatic heterocycles. The van der Waals surface area contributed by atoms with Crippen molar-refractivity contribution in [2.24, 2.45) is 5.92 Å². The van der Waals surface area contributed by atoms with Gasteiger partial charge in [-0.15, -0.1) is 0 Å². The molecule has 1 atom stereocenters. The first kappa shape index (κ1) is 12.5. The summed E-state index contributed by atoms with van der Waals surface area (Å²) < 4.78 is 18.0. The van der Waals surface area contributed by atoms with E-state index in [0.717, 1.165) is 18.6 Å². The van der Waals surface area contributed by atoms with E-state index in [4.69, 9.17) is 10.5 Å². The Morgan fingerprint density at radius 3 is 2.75 bits per heavy atom. The number of carbonyl (C=O) groups excluding carboxylic acids is 1. The summed E-state index contributed by atoms with van der Waals surface area (Å²) in [7, 11) is 0. The van der Waals surface area contributed by atoms with Gasteiger partial charge in [0.15, 0.2) is 0 Å². The summed E-state index contributed by atoms with van der Waals surface area (Å²) in [5.41, 5.74) is 5.80. The summed E-state index contributed by atoms with van der Waals surface area (Å²) in [6.07, 6.45) is 0.929. The third-order valence-corrected chi connectivity index (χ3v) is 2.35. The van der Waals surface area contributed by atoms with Crippen LogP contribution in [0.4, 0.5) is 10.1 Å². The fourth-order valence-corrected chi connectivity index (χ4v) is 1.15. The van der Waals surface area contributed by atoms with Crippen LogP contribution in [0, 0.1) is 11.7 Å². The zero-order chi connectivity index (χ0) is 12.1. The van der Waals surface area contributed by atoms with Gasteiger partial charge in [0.1, 0.15) is 5.82 Å². The van der Waals surface area contributed by atoms with Gasteiger partial charge in [0, 0.05) is 5.69 Å². The standard InChI is InChI=1S/C12H16FNO2/c1-3-8(2)7-16-12(15)9-4-10(13)6-11(14)5-9/h4-6,8H,3,7,14H2,1-2H3. The molecule has 2 N–H and O–H groups in total. The van der Waals surface area contributed by atoms with E-state index in [0.29, 0.717) is 12.5 Å². The number of halogens is 1. The van der Waals surface area contributed by atoms with Crippen LogP contribution in [0.5, 0.6) is 0 Å². The predicted molar refractivity (Wildman–Crippen MR) is 60.5 cm³/mol. The molecule has 0 spiro atoms. The van der Waals surface area contributed by atoms with Crippen LogP contribution in [-0.4, -0.2) is 12.6 Å². The number of carbonyl (C=O) groups is 1. The van der Waals surface area contributed by atoms with Crippen molar-refractivity contribution in [1.29, 1.82) is 0 Å². The smallest absolute Gasteiger partial charge is 0.338 e. The first-order valence-corrected chi connectivity index (χ1v) is 5.26. The summed E-state index contributed by atoms with van der Waals surface area (Å²) in [5, 5.41) is 0. The Balaban J connectivity index is 2.66. The van der Waals surface area contributed by atoms with Gasteiger partial charge >= 0.3 is 5.97 Å². The topological polar surface area (TPSA) is 52.3 Å². The molecule has 0 bridgehead atoms. The Morgan fingerprint density at radius 1 is 1.50 bits per heavy atom. The fraction of sp³-hybridized carbons (Fsp3) is 0.417. The Kier molecular flexibility index (Phi) is 4.28. The molecule has 0 radical (unpaired) electrons. The molecule has 16 heavy (non-hydrogen) atoms. The van der Waals surface area contributed by atoms with E-state index in [-0.39, 0.29) is 11.3 Å². The maximum Gasteiger partial charge on any atom is 0.338 e. The second kappa shape index (κ2) is 5.49. The van der Waals surface area contributed by atoms with Crippen LogP contribution < -0.4 is 5.73 Å². The molecule has 4 heteroatoms. The van der Waals surface area contributed by atoms with Crippen molar-refractivity contribution >= 4 is 11.7 Å². The van der Waals surface area contributed by atoms with Crippen molar-refractivity contribution in [3.8, 4) is 0 Å². The quantitative estimate of drug-likeness (QED) is 0.633. The Hall–Kier alpha value is -1.58. The number of ether oxygens (including phenoxy) is 1. The normalized spacial score (nSPS) is 12.2. The van der Waals surface area contributed by atoms with Gasteiger partial charge < -0.3 is 10.5 Å². The lowest BCUT2D eigenvalue weighted by molar-refractivity contribution is 0.0446. The Morgan fingerprint density at radius 2 is 2.19 bits per heavy atom. The molecule has 0 aliphatic heterocycles. The lowest BCUT2D eigenvalue weighted by atomic mass is 10.1. The van der Waals surface area contributed by atoms with Crippen molar-refractivity contribution < 1.29 is 13.9 Å². The van der Waals surface area contributed by atoms with Crippen LogP contribution in [0.15, 0.2) is 18.2 Å². The van der Waals surface area contributed by atoms with E-state index < -0.39 is 11.8 Å². The second-order valence-electron chi connectivity index (χ2n) is 3.89. The summed E-state index contributed by atoms with van der Waals surface area (Å²) in [6.45, 7) is 4.33. The van der Waals surface area contributed by atoms with Crippen LogP contribution in [0.25, 0.3) is 0 Å². The molecule has 88 valence electrons. The molecular formula is C12H16FNO2. The van der Waals surface area contributed by atoms with E-state index >= 15 is 0 Å². The van der Waals surface area contributed by atoms with Gasteiger partial charge in [-0.05, 0) is 24.1 Å². The van der Waals surface area contributed by atoms with Gasteiger partial charge in [0.05, 0.1) is 12.2 Å². The molecule has 1 aromatic rings. The number of nitrogens with two attached hydrogens (primary N) is 1. The minimum atomic E-state index is -0.536. The van der Waals surface area contributed by atoms with Crippen LogP contribution in [-0.2, 0) is 4.74 Å². The van der Waals surface area contributed by atoms with Crippen LogP contribution in [0.1, 0.15) is 30.6 Å². The van der Waals surface area contributed by atoms with E-state index in [2.05, 4.69) is 0 Å². The Bertz CT molecular complexity index is 359. The first-order chi connectivity index (χ1) is 7.52. The van der Waals surface area contributed by atoms with E-state index in [1.165, 1.54) is 6.07 Å². The average molecular weight is 225 g/mol.